The Morgan fingerprint density at radius 3 is 2.90 bits per heavy atom. The van der Waals surface area contributed by atoms with E-state index in [1.54, 1.807) is 0 Å². The lowest BCUT2D eigenvalue weighted by molar-refractivity contribution is -0.126. The summed E-state index contributed by atoms with van der Waals surface area (Å²) in [5.41, 5.74) is 7.10. The van der Waals surface area contributed by atoms with Gasteiger partial charge < -0.3 is 15.8 Å². The molecule has 1 saturated carbocycles. The molecule has 0 saturated heterocycles. The van der Waals surface area contributed by atoms with Crippen LogP contribution in [0.25, 0.3) is 0 Å². The van der Waals surface area contributed by atoms with E-state index in [1.807, 2.05) is 24.3 Å². The van der Waals surface area contributed by atoms with Crippen molar-refractivity contribution in [3.63, 3.8) is 0 Å². The molecule has 3 N–H and O–H groups in total. The fraction of sp³-hybridized carbons (Fsp3) is 0.533. The Labute approximate surface area is 125 Å². The van der Waals surface area contributed by atoms with Gasteiger partial charge in [-0.25, -0.2) is 0 Å². The number of nitrogens with one attached hydrogen (secondary N) is 1. The maximum Gasteiger partial charge on any atom is 0.226 e. The van der Waals surface area contributed by atoms with Crippen molar-refractivity contribution in [3.05, 3.63) is 29.8 Å². The van der Waals surface area contributed by atoms with Gasteiger partial charge in [0.15, 0.2) is 0 Å². The molecule has 1 aliphatic carbocycles. The number of fused-ring (bicyclic) bond motifs is 1. The summed E-state index contributed by atoms with van der Waals surface area (Å²) in [6.45, 7) is 1.04. The maximum absolute atomic E-state index is 12.1. The van der Waals surface area contributed by atoms with Crippen LogP contribution in [0.2, 0.25) is 0 Å². The lowest BCUT2D eigenvalue weighted by Gasteiger charge is -2.25. The predicted molar refractivity (Wildman–Crippen MR) is 80.1 cm³/mol. The predicted octanol–water partition coefficient (Wildman–Crippen LogP) is 1.51. The molecular formula is C15H21ClN2O2. The molecule has 0 spiro atoms. The van der Waals surface area contributed by atoms with E-state index in [2.05, 4.69) is 5.32 Å². The fourth-order valence-corrected chi connectivity index (χ4v) is 2.55. The molecule has 0 bridgehead atoms. The van der Waals surface area contributed by atoms with Gasteiger partial charge in [-0.1, -0.05) is 18.2 Å². The monoisotopic (exact) mass is 296 g/mol. The molecule has 1 aromatic rings. The molecule has 5 heteroatoms. The number of amides is 1. The van der Waals surface area contributed by atoms with Crippen LogP contribution >= 0.6 is 12.4 Å². The molecule has 20 heavy (non-hydrogen) atoms. The van der Waals surface area contributed by atoms with E-state index in [0.29, 0.717) is 19.1 Å². The zero-order valence-corrected chi connectivity index (χ0v) is 12.2. The van der Waals surface area contributed by atoms with Crippen LogP contribution in [0.1, 0.15) is 18.4 Å². The second-order valence-corrected chi connectivity index (χ2v) is 5.57. The summed E-state index contributed by atoms with van der Waals surface area (Å²) in [5, 5.41) is 2.96. The molecule has 0 aromatic heterocycles. The van der Waals surface area contributed by atoms with E-state index in [-0.39, 0.29) is 30.3 Å². The van der Waals surface area contributed by atoms with E-state index in [1.165, 1.54) is 12.8 Å². The fourth-order valence-electron chi connectivity index (χ4n) is 2.55. The third-order valence-electron chi connectivity index (χ3n) is 3.99. The highest BCUT2D eigenvalue weighted by atomic mass is 35.5. The highest BCUT2D eigenvalue weighted by molar-refractivity contribution is 5.85. The summed E-state index contributed by atoms with van der Waals surface area (Å²) in [7, 11) is 0. The first-order chi connectivity index (χ1) is 9.24. The lowest BCUT2D eigenvalue weighted by Crippen LogP contribution is -2.43. The van der Waals surface area contributed by atoms with Crippen LogP contribution in [0, 0.1) is 11.8 Å². The second-order valence-electron chi connectivity index (χ2n) is 5.57. The summed E-state index contributed by atoms with van der Waals surface area (Å²) >= 11 is 0. The molecule has 2 unspecified atom stereocenters. The Bertz CT molecular complexity index is 477. The van der Waals surface area contributed by atoms with E-state index in [0.717, 1.165) is 17.7 Å². The Kier molecular flexibility index (Phi) is 4.89. The van der Waals surface area contributed by atoms with Gasteiger partial charge in [0.2, 0.25) is 5.91 Å². The number of hydrogen-bond donors (Lipinski definition) is 2. The Hall–Kier alpha value is -1.26. The van der Waals surface area contributed by atoms with Gasteiger partial charge in [-0.05, 0) is 36.8 Å². The number of para-hydroxylation sites is 1. The maximum atomic E-state index is 12.1. The van der Waals surface area contributed by atoms with Crippen LogP contribution in [0.5, 0.6) is 5.75 Å². The van der Waals surface area contributed by atoms with E-state index in [4.69, 9.17) is 10.5 Å². The topological polar surface area (TPSA) is 64.3 Å². The molecule has 3 rings (SSSR count). The van der Waals surface area contributed by atoms with Crippen molar-refractivity contribution in [2.45, 2.75) is 25.3 Å². The SMILES string of the molecule is Cl.NC(CNC(=O)C1COc2ccccc2C1)C1CC1. The molecule has 1 heterocycles. The average Bonchev–Trinajstić information content (AvgIpc) is 3.28. The van der Waals surface area contributed by atoms with Gasteiger partial charge in [0.25, 0.3) is 0 Å². The Morgan fingerprint density at radius 2 is 2.15 bits per heavy atom. The number of ether oxygens (including phenoxy) is 1. The smallest absolute Gasteiger partial charge is 0.226 e. The van der Waals surface area contributed by atoms with Gasteiger partial charge in [0.05, 0.1) is 5.92 Å². The summed E-state index contributed by atoms with van der Waals surface area (Å²) in [6.07, 6.45) is 3.16. The average molecular weight is 297 g/mol. The number of nitrogens with two attached hydrogens (primary N) is 1. The minimum Gasteiger partial charge on any atom is -0.492 e. The van der Waals surface area contributed by atoms with Crippen molar-refractivity contribution in [1.29, 1.82) is 0 Å². The summed E-state index contributed by atoms with van der Waals surface area (Å²) in [6, 6.07) is 8.01. The van der Waals surface area contributed by atoms with Crippen molar-refractivity contribution in [2.75, 3.05) is 13.2 Å². The third-order valence-corrected chi connectivity index (χ3v) is 3.99. The van der Waals surface area contributed by atoms with E-state index in [9.17, 15) is 4.79 Å². The minimum atomic E-state index is -0.0960. The zero-order valence-electron chi connectivity index (χ0n) is 11.4. The van der Waals surface area contributed by atoms with Crippen molar-refractivity contribution in [3.8, 4) is 5.75 Å². The van der Waals surface area contributed by atoms with Crippen LogP contribution in [0.3, 0.4) is 0 Å². The highest BCUT2D eigenvalue weighted by Crippen LogP contribution is 2.31. The highest BCUT2D eigenvalue weighted by Gasteiger charge is 2.30. The third kappa shape index (κ3) is 3.44. The molecule has 2 atom stereocenters. The van der Waals surface area contributed by atoms with Crippen molar-refractivity contribution in [1.82, 2.24) is 5.32 Å². The van der Waals surface area contributed by atoms with Gasteiger partial charge >= 0.3 is 0 Å². The van der Waals surface area contributed by atoms with E-state index < -0.39 is 0 Å². The van der Waals surface area contributed by atoms with Crippen LogP contribution in [0.15, 0.2) is 24.3 Å². The normalized spacial score (nSPS) is 21.9. The summed E-state index contributed by atoms with van der Waals surface area (Å²) < 4.78 is 5.63. The van der Waals surface area contributed by atoms with Crippen molar-refractivity contribution in [2.24, 2.45) is 17.6 Å². The van der Waals surface area contributed by atoms with E-state index >= 15 is 0 Å². The number of halogens is 1. The molecule has 1 amide bonds. The molecule has 1 aliphatic heterocycles. The standard InChI is InChI=1S/C15H20N2O2.ClH/c16-13(10-5-6-10)8-17-15(18)12-7-11-3-1-2-4-14(11)19-9-12;/h1-4,10,12-13H,5-9,16H2,(H,17,18);1H. The van der Waals surface area contributed by atoms with Crippen LogP contribution in [-0.4, -0.2) is 25.1 Å². The number of hydrogen-bond acceptors (Lipinski definition) is 3. The van der Waals surface area contributed by atoms with Crippen molar-refractivity contribution >= 4 is 18.3 Å². The molecule has 2 aliphatic rings. The number of benzene rings is 1. The molecule has 110 valence electrons. The molecular weight excluding hydrogens is 276 g/mol. The van der Waals surface area contributed by atoms with Crippen molar-refractivity contribution < 1.29 is 9.53 Å². The van der Waals surface area contributed by atoms with Gasteiger partial charge in [-0.3, -0.25) is 4.79 Å². The number of rotatable bonds is 4. The molecule has 1 fully saturated rings. The second kappa shape index (κ2) is 6.46. The first kappa shape index (κ1) is 15.1. The van der Waals surface area contributed by atoms with Gasteiger partial charge in [0.1, 0.15) is 12.4 Å². The molecule has 1 aromatic carbocycles. The summed E-state index contributed by atoms with van der Waals surface area (Å²) in [5.74, 6) is 1.48. The van der Waals surface area contributed by atoms with Crippen LogP contribution in [0.4, 0.5) is 0 Å². The first-order valence-corrected chi connectivity index (χ1v) is 6.98. The molecule has 4 nitrogen and oxygen atoms in total. The lowest BCUT2D eigenvalue weighted by atomic mass is 9.96. The summed E-state index contributed by atoms with van der Waals surface area (Å²) in [4.78, 5) is 12.1. The largest absolute Gasteiger partial charge is 0.492 e. The Morgan fingerprint density at radius 1 is 1.40 bits per heavy atom. The number of carbonyl (C=O) groups excluding carboxylic acids is 1. The van der Waals surface area contributed by atoms with Gasteiger partial charge in [-0.2, -0.15) is 0 Å². The minimum absolute atomic E-state index is 0. The van der Waals surface area contributed by atoms with Gasteiger partial charge in [0, 0.05) is 12.6 Å². The van der Waals surface area contributed by atoms with Crippen LogP contribution < -0.4 is 15.8 Å². The zero-order chi connectivity index (χ0) is 13.2. The Balaban J connectivity index is 0.00000147. The van der Waals surface area contributed by atoms with Crippen LogP contribution in [-0.2, 0) is 11.2 Å². The van der Waals surface area contributed by atoms with Gasteiger partial charge in [-0.15, -0.1) is 12.4 Å². The quantitative estimate of drug-likeness (QED) is 0.885. The number of carbonyl (C=O) groups is 1. The molecule has 0 radical (unpaired) electrons. The first-order valence-electron chi connectivity index (χ1n) is 6.98.